The Morgan fingerprint density at radius 3 is 1.55 bits per heavy atom. The summed E-state index contributed by atoms with van der Waals surface area (Å²) >= 11 is 0. The minimum atomic E-state index is -1.06. The number of hydrogen-bond donors (Lipinski definition) is 0. The van der Waals surface area contributed by atoms with Gasteiger partial charge in [-0.2, -0.15) is 0 Å². The fraction of sp³-hybridized carbons (Fsp3) is 1.00. The number of hydrogen-bond acceptors (Lipinski definition) is 2. The lowest BCUT2D eigenvalue weighted by atomic mass is 9.93. The van der Waals surface area contributed by atoms with E-state index in [1.165, 1.54) is 0 Å². The third-order valence-electron chi connectivity index (χ3n) is 2.05. The van der Waals surface area contributed by atoms with E-state index in [2.05, 4.69) is 27.7 Å². The van der Waals surface area contributed by atoms with Crippen LogP contribution >= 0.6 is 0 Å². The zero-order valence-corrected chi connectivity index (χ0v) is 9.39. The van der Waals surface area contributed by atoms with Crippen LogP contribution < -0.4 is 0 Å². The molecule has 0 aromatic carbocycles. The summed E-state index contributed by atoms with van der Waals surface area (Å²) in [6.07, 6.45) is 0. The van der Waals surface area contributed by atoms with E-state index in [1.54, 1.807) is 14.2 Å². The molecule has 0 aromatic heterocycles. The molecular weight excluding hydrogens is 156 g/mol. The fourth-order valence-electron chi connectivity index (χ4n) is 0.790. The average Bonchev–Trinajstić information content (AvgIpc) is 1.88. The largest absolute Gasteiger partial charge is 0.397 e. The van der Waals surface area contributed by atoms with Gasteiger partial charge in [-0.05, 0) is 5.41 Å². The van der Waals surface area contributed by atoms with Gasteiger partial charge >= 0.3 is 9.28 Å². The summed E-state index contributed by atoms with van der Waals surface area (Å²) in [6, 6.07) is 0. The van der Waals surface area contributed by atoms with Crippen molar-refractivity contribution in [1.29, 1.82) is 0 Å². The van der Waals surface area contributed by atoms with Crippen LogP contribution in [0.4, 0.5) is 0 Å². The van der Waals surface area contributed by atoms with Gasteiger partial charge in [0.05, 0.1) is 0 Å². The first-order valence-electron chi connectivity index (χ1n) is 3.88. The Bertz CT molecular complexity index is 105. The maximum Gasteiger partial charge on any atom is 0.387 e. The highest BCUT2D eigenvalue weighted by Gasteiger charge is 2.32. The van der Waals surface area contributed by atoms with E-state index in [0.717, 1.165) is 0 Å². The molecule has 2 nitrogen and oxygen atoms in total. The molecule has 1 unspecified atom stereocenters. The fourth-order valence-corrected chi connectivity index (χ4v) is 2.37. The van der Waals surface area contributed by atoms with Gasteiger partial charge in [-0.15, -0.1) is 0 Å². The van der Waals surface area contributed by atoms with Gasteiger partial charge in [-0.1, -0.05) is 27.7 Å². The van der Waals surface area contributed by atoms with E-state index in [-0.39, 0.29) is 5.41 Å². The third-order valence-corrected chi connectivity index (χ3v) is 4.43. The normalized spacial score (nSPS) is 15.5. The van der Waals surface area contributed by atoms with E-state index in [0.29, 0.717) is 5.54 Å². The molecule has 67 valence electrons. The van der Waals surface area contributed by atoms with Crippen LogP contribution in [0.25, 0.3) is 0 Å². The molecule has 0 N–H and O–H groups in total. The second kappa shape index (κ2) is 4.23. The summed E-state index contributed by atoms with van der Waals surface area (Å²) in [5, 5.41) is 0. The van der Waals surface area contributed by atoms with Crippen molar-refractivity contribution in [2.24, 2.45) is 5.41 Å². The zero-order valence-electron chi connectivity index (χ0n) is 8.39. The van der Waals surface area contributed by atoms with E-state index in [1.807, 2.05) is 0 Å². The van der Waals surface area contributed by atoms with Gasteiger partial charge in [0.2, 0.25) is 0 Å². The van der Waals surface area contributed by atoms with Crippen LogP contribution in [0.2, 0.25) is 5.54 Å². The van der Waals surface area contributed by atoms with Gasteiger partial charge in [0.15, 0.2) is 0 Å². The first-order valence-corrected chi connectivity index (χ1v) is 5.27. The predicted molar refractivity (Wildman–Crippen MR) is 48.7 cm³/mol. The first-order chi connectivity index (χ1) is 4.93. The van der Waals surface area contributed by atoms with Gasteiger partial charge < -0.3 is 8.85 Å². The van der Waals surface area contributed by atoms with Gasteiger partial charge in [-0.3, -0.25) is 0 Å². The molecule has 0 saturated heterocycles. The molecule has 1 atom stereocenters. The Morgan fingerprint density at radius 1 is 1.09 bits per heavy atom. The van der Waals surface area contributed by atoms with E-state index < -0.39 is 9.28 Å². The maximum atomic E-state index is 5.27. The lowest BCUT2D eigenvalue weighted by molar-refractivity contribution is 0.234. The van der Waals surface area contributed by atoms with Crippen molar-refractivity contribution in [3.63, 3.8) is 0 Å². The topological polar surface area (TPSA) is 18.5 Å². The molecule has 0 saturated carbocycles. The highest BCUT2D eigenvalue weighted by atomic mass is 28.3. The molecule has 0 heterocycles. The molecule has 0 aliphatic rings. The van der Waals surface area contributed by atoms with Crippen molar-refractivity contribution in [3.05, 3.63) is 0 Å². The summed E-state index contributed by atoms with van der Waals surface area (Å²) in [7, 11) is 2.39. The first kappa shape index (κ1) is 11.1. The molecule has 0 amide bonds. The second-order valence-corrected chi connectivity index (χ2v) is 6.14. The van der Waals surface area contributed by atoms with Crippen LogP contribution in [-0.2, 0) is 8.85 Å². The van der Waals surface area contributed by atoms with Crippen molar-refractivity contribution in [2.75, 3.05) is 14.2 Å². The van der Waals surface area contributed by atoms with Crippen LogP contribution in [0, 0.1) is 5.41 Å². The van der Waals surface area contributed by atoms with Crippen LogP contribution in [-0.4, -0.2) is 23.5 Å². The molecule has 0 aromatic rings. The molecular formula is C8H19O2Si. The molecule has 11 heavy (non-hydrogen) atoms. The molecule has 0 aliphatic carbocycles. The molecule has 0 aliphatic heterocycles. The maximum absolute atomic E-state index is 5.27. The van der Waals surface area contributed by atoms with Crippen molar-refractivity contribution in [3.8, 4) is 0 Å². The molecule has 0 fully saturated rings. The molecule has 0 rings (SSSR count). The zero-order chi connectivity index (χ0) is 9.07. The van der Waals surface area contributed by atoms with Gasteiger partial charge in [0, 0.05) is 19.8 Å². The van der Waals surface area contributed by atoms with E-state index in [4.69, 9.17) is 8.85 Å². The van der Waals surface area contributed by atoms with E-state index >= 15 is 0 Å². The standard InChI is InChI=1S/C8H19O2Si/c1-7(8(2,3)4)11(9-5)10-6/h7H,1-6H3. The van der Waals surface area contributed by atoms with Crippen LogP contribution in [0.3, 0.4) is 0 Å². The minimum Gasteiger partial charge on any atom is -0.397 e. The smallest absolute Gasteiger partial charge is 0.387 e. The summed E-state index contributed by atoms with van der Waals surface area (Å²) in [4.78, 5) is 0. The summed E-state index contributed by atoms with van der Waals surface area (Å²) in [5.41, 5.74) is 0.780. The highest BCUT2D eigenvalue weighted by molar-refractivity contribution is 6.46. The van der Waals surface area contributed by atoms with Gasteiger partial charge in [0.1, 0.15) is 0 Å². The van der Waals surface area contributed by atoms with Gasteiger partial charge in [0.25, 0.3) is 0 Å². The monoisotopic (exact) mass is 175 g/mol. The molecule has 0 bridgehead atoms. The Hall–Kier alpha value is 0.137. The Labute approximate surface area is 71.7 Å². The average molecular weight is 175 g/mol. The Morgan fingerprint density at radius 2 is 1.45 bits per heavy atom. The van der Waals surface area contributed by atoms with Crippen molar-refractivity contribution < 1.29 is 8.85 Å². The van der Waals surface area contributed by atoms with Crippen molar-refractivity contribution >= 4 is 9.28 Å². The molecule has 1 radical (unpaired) electrons. The quantitative estimate of drug-likeness (QED) is 0.612. The summed E-state index contributed by atoms with van der Waals surface area (Å²) in [6.45, 7) is 8.81. The van der Waals surface area contributed by atoms with E-state index in [9.17, 15) is 0 Å². The minimum absolute atomic E-state index is 0.278. The molecule has 3 heteroatoms. The highest BCUT2D eigenvalue weighted by Crippen LogP contribution is 2.33. The van der Waals surface area contributed by atoms with Crippen molar-refractivity contribution in [1.82, 2.24) is 0 Å². The van der Waals surface area contributed by atoms with Crippen LogP contribution in [0.5, 0.6) is 0 Å². The SMILES string of the molecule is CO[Si](OC)C(C)C(C)(C)C. The Balaban J connectivity index is 4.09. The summed E-state index contributed by atoms with van der Waals surface area (Å²) in [5.74, 6) is 0. The predicted octanol–water partition coefficient (Wildman–Crippen LogP) is 2.20. The molecule has 0 spiro atoms. The lowest BCUT2D eigenvalue weighted by Crippen LogP contribution is -2.32. The third kappa shape index (κ3) is 3.36. The van der Waals surface area contributed by atoms with Crippen LogP contribution in [0.1, 0.15) is 27.7 Å². The van der Waals surface area contributed by atoms with Crippen LogP contribution in [0.15, 0.2) is 0 Å². The number of rotatable bonds is 3. The Kier molecular flexibility index (Phi) is 4.29. The van der Waals surface area contributed by atoms with Gasteiger partial charge in [-0.25, -0.2) is 0 Å². The second-order valence-electron chi connectivity index (χ2n) is 3.81. The van der Waals surface area contributed by atoms with Crippen molar-refractivity contribution in [2.45, 2.75) is 33.2 Å². The summed E-state index contributed by atoms with van der Waals surface area (Å²) < 4.78 is 10.5. The lowest BCUT2D eigenvalue weighted by Gasteiger charge is -2.29.